The molecule has 24 heavy (non-hydrogen) atoms. The summed E-state index contributed by atoms with van der Waals surface area (Å²) >= 11 is 0. The number of hydrogen-bond donors (Lipinski definition) is 4. The Labute approximate surface area is 142 Å². The summed E-state index contributed by atoms with van der Waals surface area (Å²) in [5.41, 5.74) is 6.79. The Hall–Kier alpha value is -2.41. The van der Waals surface area contributed by atoms with E-state index in [-0.39, 0.29) is 30.8 Å². The van der Waals surface area contributed by atoms with Gasteiger partial charge in [-0.05, 0) is 17.9 Å². The molecule has 1 aromatic rings. The number of rotatable bonds is 9. The summed E-state index contributed by atoms with van der Waals surface area (Å²) < 4.78 is 0. The highest BCUT2D eigenvalue weighted by Gasteiger charge is 2.17. The maximum absolute atomic E-state index is 11.6. The molecule has 1 rings (SSSR count). The highest BCUT2D eigenvalue weighted by molar-refractivity contribution is 5.89. The van der Waals surface area contributed by atoms with E-state index in [2.05, 4.69) is 16.0 Å². The normalized spacial score (nSPS) is 11.7. The predicted octanol–water partition coefficient (Wildman–Crippen LogP) is -0.439. The molecule has 1 aromatic carbocycles. The van der Waals surface area contributed by atoms with Crippen molar-refractivity contribution in [3.8, 4) is 0 Å². The lowest BCUT2D eigenvalue weighted by Crippen LogP contribution is -2.48. The number of amides is 3. The third kappa shape index (κ3) is 7.73. The van der Waals surface area contributed by atoms with Crippen molar-refractivity contribution < 1.29 is 14.4 Å². The van der Waals surface area contributed by atoms with Gasteiger partial charge >= 0.3 is 0 Å². The second-order valence-electron chi connectivity index (χ2n) is 5.85. The number of nitrogens with two attached hydrogens (primary N) is 1. The molecule has 0 spiro atoms. The van der Waals surface area contributed by atoms with E-state index in [1.807, 2.05) is 44.2 Å². The number of nitrogens with one attached hydrogen (secondary N) is 3. The Morgan fingerprint density at radius 3 is 2.17 bits per heavy atom. The van der Waals surface area contributed by atoms with Gasteiger partial charge in [0, 0.05) is 6.54 Å². The van der Waals surface area contributed by atoms with Crippen LogP contribution in [-0.2, 0) is 20.8 Å². The van der Waals surface area contributed by atoms with Gasteiger partial charge in [-0.15, -0.1) is 0 Å². The molecule has 0 aliphatic heterocycles. The Morgan fingerprint density at radius 2 is 1.54 bits per heavy atom. The van der Waals surface area contributed by atoms with Gasteiger partial charge in [-0.3, -0.25) is 14.4 Å². The fourth-order valence-electron chi connectivity index (χ4n) is 1.88. The van der Waals surface area contributed by atoms with E-state index in [0.29, 0.717) is 6.54 Å². The van der Waals surface area contributed by atoms with Crippen molar-refractivity contribution in [3.63, 3.8) is 0 Å². The van der Waals surface area contributed by atoms with Gasteiger partial charge in [0.2, 0.25) is 17.7 Å². The first-order chi connectivity index (χ1) is 11.4. The maximum atomic E-state index is 11.6. The van der Waals surface area contributed by atoms with Crippen molar-refractivity contribution in [3.05, 3.63) is 35.9 Å². The van der Waals surface area contributed by atoms with Crippen LogP contribution in [0.5, 0.6) is 0 Å². The van der Waals surface area contributed by atoms with Crippen molar-refractivity contribution in [2.24, 2.45) is 11.7 Å². The molecule has 0 radical (unpaired) electrons. The van der Waals surface area contributed by atoms with Gasteiger partial charge in [-0.2, -0.15) is 0 Å². The van der Waals surface area contributed by atoms with E-state index in [1.54, 1.807) is 0 Å². The van der Waals surface area contributed by atoms with Crippen molar-refractivity contribution >= 4 is 17.7 Å². The van der Waals surface area contributed by atoms with Crippen molar-refractivity contribution in [2.45, 2.75) is 26.3 Å². The lowest BCUT2D eigenvalue weighted by Gasteiger charge is -2.15. The SMILES string of the molecule is CC(C)[C@H](N)C(=O)NCC(=O)NCC(=O)NCCc1ccccc1. The predicted molar refractivity (Wildman–Crippen MR) is 92.0 cm³/mol. The Morgan fingerprint density at radius 1 is 0.958 bits per heavy atom. The lowest BCUT2D eigenvalue weighted by atomic mass is 10.1. The molecule has 7 nitrogen and oxygen atoms in total. The molecule has 5 N–H and O–H groups in total. The van der Waals surface area contributed by atoms with Crippen LogP contribution in [0.1, 0.15) is 19.4 Å². The van der Waals surface area contributed by atoms with Crippen LogP contribution in [0.4, 0.5) is 0 Å². The molecule has 132 valence electrons. The topological polar surface area (TPSA) is 113 Å². The largest absolute Gasteiger partial charge is 0.354 e. The molecule has 0 unspecified atom stereocenters. The number of benzene rings is 1. The Kier molecular flexibility index (Phi) is 8.49. The first kappa shape index (κ1) is 19.6. The minimum Gasteiger partial charge on any atom is -0.354 e. The van der Waals surface area contributed by atoms with Gasteiger partial charge in [-0.25, -0.2) is 0 Å². The van der Waals surface area contributed by atoms with Crippen LogP contribution in [0, 0.1) is 5.92 Å². The molecule has 0 saturated carbocycles. The highest BCUT2D eigenvalue weighted by atomic mass is 16.2. The molecule has 0 aliphatic rings. The second-order valence-corrected chi connectivity index (χ2v) is 5.85. The minimum atomic E-state index is -0.654. The molecular formula is C17H26N4O3. The number of hydrogen-bond acceptors (Lipinski definition) is 4. The van der Waals surface area contributed by atoms with Gasteiger partial charge in [0.05, 0.1) is 19.1 Å². The molecule has 0 bridgehead atoms. The first-order valence-corrected chi connectivity index (χ1v) is 8.00. The van der Waals surface area contributed by atoms with Gasteiger partial charge in [0.15, 0.2) is 0 Å². The summed E-state index contributed by atoms with van der Waals surface area (Å²) in [4.78, 5) is 34.8. The van der Waals surface area contributed by atoms with Gasteiger partial charge < -0.3 is 21.7 Å². The summed E-state index contributed by atoms with van der Waals surface area (Å²) in [7, 11) is 0. The fourth-order valence-corrected chi connectivity index (χ4v) is 1.88. The van der Waals surface area contributed by atoms with Crippen LogP contribution >= 0.6 is 0 Å². The molecular weight excluding hydrogens is 308 g/mol. The second kappa shape index (κ2) is 10.4. The standard InChI is InChI=1S/C17H26N4O3/c1-12(2)16(18)17(24)21-11-15(23)20-10-14(22)19-9-8-13-6-4-3-5-7-13/h3-7,12,16H,8-11,18H2,1-2H3,(H,19,22)(H,20,23)(H,21,24)/t16-/m0/s1. The van der Waals surface area contributed by atoms with Crippen molar-refractivity contribution in [1.82, 2.24) is 16.0 Å². The summed E-state index contributed by atoms with van der Waals surface area (Å²) in [5, 5.41) is 7.62. The van der Waals surface area contributed by atoms with Crippen LogP contribution in [0.3, 0.4) is 0 Å². The van der Waals surface area contributed by atoms with E-state index < -0.39 is 11.9 Å². The van der Waals surface area contributed by atoms with E-state index in [9.17, 15) is 14.4 Å². The molecule has 3 amide bonds. The summed E-state index contributed by atoms with van der Waals surface area (Å²) in [6.07, 6.45) is 0.726. The van der Waals surface area contributed by atoms with Crippen LogP contribution in [0.15, 0.2) is 30.3 Å². The average molecular weight is 334 g/mol. The van der Waals surface area contributed by atoms with Crippen LogP contribution in [0.2, 0.25) is 0 Å². The van der Waals surface area contributed by atoms with Crippen molar-refractivity contribution in [1.29, 1.82) is 0 Å². The maximum Gasteiger partial charge on any atom is 0.239 e. The number of carbonyl (C=O) groups is 3. The zero-order chi connectivity index (χ0) is 17.9. The molecule has 0 aliphatic carbocycles. The number of carbonyl (C=O) groups excluding carboxylic acids is 3. The minimum absolute atomic E-state index is 0.0107. The fraction of sp³-hybridized carbons (Fsp3) is 0.471. The monoisotopic (exact) mass is 334 g/mol. The van der Waals surface area contributed by atoms with E-state index in [1.165, 1.54) is 0 Å². The molecule has 1 atom stereocenters. The highest BCUT2D eigenvalue weighted by Crippen LogP contribution is 1.98. The third-order valence-electron chi connectivity index (χ3n) is 3.47. The first-order valence-electron chi connectivity index (χ1n) is 8.00. The molecule has 0 aromatic heterocycles. The van der Waals surface area contributed by atoms with E-state index >= 15 is 0 Å². The summed E-state index contributed by atoms with van der Waals surface area (Å²) in [6.45, 7) is 3.82. The van der Waals surface area contributed by atoms with Gasteiger partial charge in [-0.1, -0.05) is 44.2 Å². The zero-order valence-electron chi connectivity index (χ0n) is 14.2. The zero-order valence-corrected chi connectivity index (χ0v) is 14.2. The van der Waals surface area contributed by atoms with Gasteiger partial charge in [0.25, 0.3) is 0 Å². The van der Waals surface area contributed by atoms with Crippen LogP contribution < -0.4 is 21.7 Å². The molecule has 0 fully saturated rings. The quantitative estimate of drug-likeness (QED) is 0.490. The molecule has 7 heteroatoms. The van der Waals surface area contributed by atoms with Crippen LogP contribution in [-0.4, -0.2) is 43.4 Å². The summed E-state index contributed by atoms with van der Waals surface area (Å²) in [5.74, 6) is -1.10. The van der Waals surface area contributed by atoms with Gasteiger partial charge in [0.1, 0.15) is 0 Å². The molecule has 0 saturated heterocycles. The molecule has 0 heterocycles. The summed E-state index contributed by atoms with van der Waals surface area (Å²) in [6, 6.07) is 9.13. The van der Waals surface area contributed by atoms with E-state index in [0.717, 1.165) is 12.0 Å². The van der Waals surface area contributed by atoms with E-state index in [4.69, 9.17) is 5.73 Å². The van der Waals surface area contributed by atoms with Crippen molar-refractivity contribution in [2.75, 3.05) is 19.6 Å². The Bertz CT molecular complexity index is 546. The lowest BCUT2D eigenvalue weighted by molar-refractivity contribution is -0.128. The smallest absolute Gasteiger partial charge is 0.239 e. The Balaban J connectivity index is 2.15. The average Bonchev–Trinajstić information content (AvgIpc) is 2.58. The van der Waals surface area contributed by atoms with Crippen LogP contribution in [0.25, 0.3) is 0 Å². The third-order valence-corrected chi connectivity index (χ3v) is 3.47.